The zero-order chi connectivity index (χ0) is 14.5. The van der Waals surface area contributed by atoms with Gasteiger partial charge in [-0.15, -0.1) is 10.2 Å². The Balaban J connectivity index is 1.50. The molecule has 0 bridgehead atoms. The van der Waals surface area contributed by atoms with E-state index in [0.29, 0.717) is 12.5 Å². The number of rotatable bonds is 4. The molecule has 21 heavy (non-hydrogen) atoms. The quantitative estimate of drug-likeness (QED) is 0.860. The summed E-state index contributed by atoms with van der Waals surface area (Å²) < 4.78 is 1.82. The Labute approximate surface area is 124 Å². The van der Waals surface area contributed by atoms with Crippen molar-refractivity contribution in [3.8, 4) is 6.07 Å². The fourth-order valence-corrected chi connectivity index (χ4v) is 2.94. The number of aromatic nitrogens is 3. The third kappa shape index (κ3) is 3.47. The van der Waals surface area contributed by atoms with Gasteiger partial charge in [-0.3, -0.25) is 9.47 Å². The largest absolute Gasteiger partial charge is 0.291 e. The van der Waals surface area contributed by atoms with Crippen LogP contribution < -0.4 is 0 Å². The lowest BCUT2D eigenvalue weighted by Gasteiger charge is -2.32. The molecular weight excluding hydrogens is 262 g/mol. The first-order chi connectivity index (χ1) is 10.3. The van der Waals surface area contributed by atoms with Crippen molar-refractivity contribution in [2.45, 2.75) is 25.9 Å². The first-order valence-electron chi connectivity index (χ1n) is 7.39. The minimum atomic E-state index is 0.390. The van der Waals surface area contributed by atoms with Crippen molar-refractivity contribution in [2.24, 2.45) is 5.92 Å². The molecular formula is C16H19N5. The summed E-state index contributed by atoms with van der Waals surface area (Å²) in [6.07, 6.45) is 5.22. The van der Waals surface area contributed by atoms with E-state index < -0.39 is 0 Å². The fraction of sp³-hybridized carbons (Fsp3) is 0.438. The predicted octanol–water partition coefficient (Wildman–Crippen LogP) is 2.06. The van der Waals surface area contributed by atoms with Gasteiger partial charge in [0.05, 0.1) is 6.67 Å². The monoisotopic (exact) mass is 281 g/mol. The third-order valence-corrected chi connectivity index (χ3v) is 4.14. The van der Waals surface area contributed by atoms with E-state index in [1.807, 2.05) is 4.57 Å². The lowest BCUT2D eigenvalue weighted by atomic mass is 9.90. The molecule has 0 atom stereocenters. The lowest BCUT2D eigenvalue weighted by Crippen LogP contribution is -2.35. The molecule has 5 heteroatoms. The van der Waals surface area contributed by atoms with Gasteiger partial charge in [0.2, 0.25) is 5.82 Å². The van der Waals surface area contributed by atoms with Crippen LogP contribution in [0.1, 0.15) is 24.2 Å². The molecule has 0 radical (unpaired) electrons. The molecule has 2 heterocycles. The molecule has 5 nitrogen and oxygen atoms in total. The van der Waals surface area contributed by atoms with E-state index in [4.69, 9.17) is 5.26 Å². The highest BCUT2D eigenvalue weighted by atomic mass is 15.3. The summed E-state index contributed by atoms with van der Waals surface area (Å²) in [4.78, 5) is 2.37. The molecule has 1 fully saturated rings. The predicted molar refractivity (Wildman–Crippen MR) is 79.2 cm³/mol. The zero-order valence-electron chi connectivity index (χ0n) is 12.0. The molecule has 0 N–H and O–H groups in total. The van der Waals surface area contributed by atoms with Crippen LogP contribution in [0.4, 0.5) is 0 Å². The fourth-order valence-electron chi connectivity index (χ4n) is 2.94. The van der Waals surface area contributed by atoms with Gasteiger partial charge < -0.3 is 0 Å². The van der Waals surface area contributed by atoms with Crippen molar-refractivity contribution < 1.29 is 0 Å². The smallest absolute Gasteiger partial charge is 0.235 e. The van der Waals surface area contributed by atoms with Crippen molar-refractivity contribution in [1.82, 2.24) is 19.7 Å². The van der Waals surface area contributed by atoms with E-state index >= 15 is 0 Å². The molecule has 108 valence electrons. The number of nitriles is 1. The van der Waals surface area contributed by atoms with Gasteiger partial charge >= 0.3 is 0 Å². The average Bonchev–Trinajstić information content (AvgIpc) is 2.97. The van der Waals surface area contributed by atoms with Crippen LogP contribution in [-0.4, -0.2) is 32.8 Å². The van der Waals surface area contributed by atoms with Gasteiger partial charge in [0, 0.05) is 13.1 Å². The Morgan fingerprint density at radius 1 is 1.19 bits per heavy atom. The Morgan fingerprint density at radius 2 is 1.95 bits per heavy atom. The number of hydrogen-bond acceptors (Lipinski definition) is 4. The molecule has 0 aliphatic carbocycles. The number of nitrogens with zero attached hydrogens (tertiary/aromatic N) is 5. The van der Waals surface area contributed by atoms with Crippen LogP contribution in [0.25, 0.3) is 0 Å². The van der Waals surface area contributed by atoms with Crippen LogP contribution >= 0.6 is 0 Å². The van der Waals surface area contributed by atoms with Crippen LogP contribution in [0.2, 0.25) is 0 Å². The van der Waals surface area contributed by atoms with E-state index in [1.165, 1.54) is 24.8 Å². The second kappa shape index (κ2) is 6.51. The minimum Gasteiger partial charge on any atom is -0.291 e. The van der Waals surface area contributed by atoms with Crippen molar-refractivity contribution in [3.63, 3.8) is 0 Å². The summed E-state index contributed by atoms with van der Waals surface area (Å²) in [5.74, 6) is 1.15. The normalized spacial score (nSPS) is 16.7. The average molecular weight is 281 g/mol. The van der Waals surface area contributed by atoms with Crippen molar-refractivity contribution in [3.05, 3.63) is 48.0 Å². The Morgan fingerprint density at radius 3 is 2.67 bits per heavy atom. The SMILES string of the molecule is N#Cc1nncn1CN1CCC(Cc2ccccc2)CC1. The van der Waals surface area contributed by atoms with Crippen LogP contribution in [0, 0.1) is 17.2 Å². The van der Waals surface area contributed by atoms with Gasteiger partial charge in [-0.05, 0) is 30.7 Å². The van der Waals surface area contributed by atoms with Crippen molar-refractivity contribution >= 4 is 0 Å². The Kier molecular flexibility index (Phi) is 4.27. The molecule has 3 rings (SSSR count). The summed E-state index contributed by atoms with van der Waals surface area (Å²) in [6, 6.07) is 12.8. The molecule has 1 saturated heterocycles. The molecule has 2 aromatic rings. The first-order valence-corrected chi connectivity index (χ1v) is 7.39. The molecule has 1 aromatic heterocycles. The van der Waals surface area contributed by atoms with Crippen LogP contribution in [0.3, 0.4) is 0 Å². The number of hydrogen-bond donors (Lipinski definition) is 0. The summed E-state index contributed by atoms with van der Waals surface area (Å²) in [5, 5.41) is 16.5. The lowest BCUT2D eigenvalue weighted by molar-refractivity contribution is 0.147. The highest BCUT2D eigenvalue weighted by Gasteiger charge is 2.20. The Hall–Kier alpha value is -2.19. The van der Waals surface area contributed by atoms with Gasteiger partial charge in [0.1, 0.15) is 12.4 Å². The number of benzene rings is 1. The highest BCUT2D eigenvalue weighted by Crippen LogP contribution is 2.22. The van der Waals surface area contributed by atoms with Crippen molar-refractivity contribution in [2.75, 3.05) is 13.1 Å². The topological polar surface area (TPSA) is 57.7 Å². The van der Waals surface area contributed by atoms with E-state index in [0.717, 1.165) is 19.0 Å². The maximum absolute atomic E-state index is 8.95. The molecule has 0 unspecified atom stereocenters. The molecule has 1 aliphatic heterocycles. The second-order valence-electron chi connectivity index (χ2n) is 5.63. The van der Waals surface area contributed by atoms with E-state index in [-0.39, 0.29) is 0 Å². The van der Waals surface area contributed by atoms with Crippen LogP contribution in [-0.2, 0) is 13.1 Å². The van der Waals surface area contributed by atoms with E-state index in [2.05, 4.69) is 51.5 Å². The van der Waals surface area contributed by atoms with Gasteiger partial charge in [-0.1, -0.05) is 30.3 Å². The van der Waals surface area contributed by atoms with Gasteiger partial charge in [-0.2, -0.15) is 5.26 Å². The second-order valence-corrected chi connectivity index (χ2v) is 5.63. The highest BCUT2D eigenvalue weighted by molar-refractivity contribution is 5.15. The van der Waals surface area contributed by atoms with E-state index in [9.17, 15) is 0 Å². The molecule has 1 aromatic carbocycles. The molecule has 0 saturated carbocycles. The van der Waals surface area contributed by atoms with Crippen LogP contribution in [0.15, 0.2) is 36.7 Å². The molecule has 1 aliphatic rings. The minimum absolute atomic E-state index is 0.390. The third-order valence-electron chi connectivity index (χ3n) is 4.14. The number of piperidine rings is 1. The van der Waals surface area contributed by atoms with Crippen LogP contribution in [0.5, 0.6) is 0 Å². The van der Waals surface area contributed by atoms with E-state index in [1.54, 1.807) is 6.33 Å². The summed E-state index contributed by atoms with van der Waals surface area (Å²) >= 11 is 0. The van der Waals surface area contributed by atoms with Gasteiger partial charge in [0.15, 0.2) is 0 Å². The summed E-state index contributed by atoms with van der Waals surface area (Å²) in [5.41, 5.74) is 1.43. The van der Waals surface area contributed by atoms with Gasteiger partial charge in [0.25, 0.3) is 0 Å². The summed E-state index contributed by atoms with van der Waals surface area (Å²) in [7, 11) is 0. The van der Waals surface area contributed by atoms with Gasteiger partial charge in [-0.25, -0.2) is 0 Å². The standard InChI is InChI=1S/C16H19N5/c17-11-16-19-18-12-21(16)13-20-8-6-15(7-9-20)10-14-4-2-1-3-5-14/h1-5,12,15H,6-10,13H2. The zero-order valence-corrected chi connectivity index (χ0v) is 12.0. The Bertz CT molecular complexity index is 605. The molecule has 0 spiro atoms. The van der Waals surface area contributed by atoms with Crippen molar-refractivity contribution in [1.29, 1.82) is 5.26 Å². The first kappa shape index (κ1) is 13.8. The molecule has 0 amide bonds. The summed E-state index contributed by atoms with van der Waals surface area (Å²) in [6.45, 7) is 2.86. The maximum Gasteiger partial charge on any atom is 0.235 e. The number of likely N-dealkylation sites (tertiary alicyclic amines) is 1. The maximum atomic E-state index is 8.95.